The summed E-state index contributed by atoms with van der Waals surface area (Å²) in [6, 6.07) is 6.41. The van der Waals surface area contributed by atoms with Crippen molar-refractivity contribution in [2.45, 2.75) is 39.5 Å². The van der Waals surface area contributed by atoms with Crippen molar-refractivity contribution in [1.29, 1.82) is 0 Å². The number of urea groups is 1. The van der Waals surface area contributed by atoms with Crippen LogP contribution in [0.4, 0.5) is 10.5 Å². The normalized spacial score (nSPS) is 25.4. The predicted molar refractivity (Wildman–Crippen MR) is 82.0 cm³/mol. The van der Waals surface area contributed by atoms with Gasteiger partial charge in [0, 0.05) is 18.8 Å². The lowest BCUT2D eigenvalue weighted by Crippen LogP contribution is -2.44. The molecule has 1 saturated heterocycles. The van der Waals surface area contributed by atoms with E-state index in [-0.39, 0.29) is 6.03 Å². The van der Waals surface area contributed by atoms with Crippen LogP contribution in [0.2, 0.25) is 0 Å². The summed E-state index contributed by atoms with van der Waals surface area (Å²) >= 11 is 0. The van der Waals surface area contributed by atoms with Crippen molar-refractivity contribution < 1.29 is 4.79 Å². The van der Waals surface area contributed by atoms with Gasteiger partial charge in [0.05, 0.1) is 0 Å². The van der Waals surface area contributed by atoms with Crippen LogP contribution in [0.5, 0.6) is 0 Å². The topological polar surface area (TPSA) is 32.3 Å². The van der Waals surface area contributed by atoms with Gasteiger partial charge in [-0.1, -0.05) is 19.9 Å². The number of amides is 2. The Morgan fingerprint density at radius 2 is 1.85 bits per heavy atom. The zero-order valence-corrected chi connectivity index (χ0v) is 12.5. The second-order valence-corrected chi connectivity index (χ2v) is 6.62. The molecule has 0 bridgehead atoms. The molecule has 0 aromatic heterocycles. The van der Waals surface area contributed by atoms with E-state index in [1.54, 1.807) is 0 Å². The van der Waals surface area contributed by atoms with Gasteiger partial charge in [0.25, 0.3) is 0 Å². The minimum Gasteiger partial charge on any atom is -0.324 e. The first-order valence-electron chi connectivity index (χ1n) is 7.79. The van der Waals surface area contributed by atoms with Crippen molar-refractivity contribution in [3.63, 3.8) is 0 Å². The molecule has 1 aliphatic heterocycles. The molecule has 2 amide bonds. The molecule has 1 aromatic carbocycles. The zero-order chi connectivity index (χ0) is 14.1. The molecule has 20 heavy (non-hydrogen) atoms. The number of fused-ring (bicyclic) bond motifs is 1. The fourth-order valence-electron chi connectivity index (χ4n) is 3.68. The number of hydrogen-bond donors (Lipinski definition) is 1. The summed E-state index contributed by atoms with van der Waals surface area (Å²) < 4.78 is 0. The first kappa shape index (κ1) is 13.5. The largest absolute Gasteiger partial charge is 0.324 e. The van der Waals surface area contributed by atoms with Crippen molar-refractivity contribution in [3.05, 3.63) is 29.3 Å². The number of anilines is 1. The maximum absolute atomic E-state index is 12.4. The lowest BCUT2D eigenvalue weighted by Gasteiger charge is -2.34. The summed E-state index contributed by atoms with van der Waals surface area (Å²) in [4.78, 5) is 14.3. The highest BCUT2D eigenvalue weighted by Gasteiger charge is 2.25. The van der Waals surface area contributed by atoms with Gasteiger partial charge in [-0.2, -0.15) is 0 Å². The van der Waals surface area contributed by atoms with E-state index in [0.717, 1.165) is 25.2 Å². The molecule has 1 aliphatic carbocycles. The maximum atomic E-state index is 12.4. The fraction of sp³-hybridized carbons (Fsp3) is 0.588. The van der Waals surface area contributed by atoms with Crippen LogP contribution in [0.15, 0.2) is 18.2 Å². The second-order valence-electron chi connectivity index (χ2n) is 6.62. The molecule has 0 saturated carbocycles. The maximum Gasteiger partial charge on any atom is 0.321 e. The van der Waals surface area contributed by atoms with Gasteiger partial charge in [-0.05, 0) is 60.8 Å². The molecule has 2 aliphatic rings. The number of rotatable bonds is 1. The Balaban J connectivity index is 1.66. The summed E-state index contributed by atoms with van der Waals surface area (Å²) in [5.74, 6) is 1.20. The average molecular weight is 272 g/mol. The van der Waals surface area contributed by atoms with Crippen molar-refractivity contribution >= 4 is 11.7 Å². The number of carbonyl (C=O) groups excluding carboxylic acids is 1. The quantitative estimate of drug-likeness (QED) is 0.831. The zero-order valence-electron chi connectivity index (χ0n) is 12.5. The van der Waals surface area contributed by atoms with Crippen LogP contribution in [-0.2, 0) is 12.8 Å². The highest BCUT2D eigenvalue weighted by atomic mass is 16.2. The summed E-state index contributed by atoms with van der Waals surface area (Å²) in [6.07, 6.45) is 4.80. The number of nitrogens with one attached hydrogen (secondary N) is 1. The summed E-state index contributed by atoms with van der Waals surface area (Å²) in [7, 11) is 0. The third kappa shape index (κ3) is 2.82. The highest BCUT2D eigenvalue weighted by Crippen LogP contribution is 2.26. The standard InChI is InChI=1S/C17H24N2O/c1-12-8-13(2)11-19(10-12)17(20)18-16-7-6-14-4-3-5-15(14)9-16/h6-7,9,12-13H,3-5,8,10-11H2,1-2H3,(H,18,20)/t12-,13-/m0/s1. The summed E-state index contributed by atoms with van der Waals surface area (Å²) in [6.45, 7) is 6.21. The third-order valence-corrected chi connectivity index (χ3v) is 4.51. The van der Waals surface area contributed by atoms with Gasteiger partial charge < -0.3 is 10.2 Å². The molecule has 2 atom stereocenters. The first-order chi connectivity index (χ1) is 9.61. The van der Waals surface area contributed by atoms with Crippen LogP contribution in [0, 0.1) is 11.8 Å². The molecule has 108 valence electrons. The Labute approximate surface area is 121 Å². The van der Waals surface area contributed by atoms with Crippen LogP contribution in [-0.4, -0.2) is 24.0 Å². The first-order valence-corrected chi connectivity index (χ1v) is 7.79. The lowest BCUT2D eigenvalue weighted by molar-refractivity contribution is 0.156. The van der Waals surface area contributed by atoms with E-state index in [9.17, 15) is 4.79 Å². The molecule has 1 aromatic rings. The number of likely N-dealkylation sites (tertiary alicyclic amines) is 1. The van der Waals surface area contributed by atoms with Gasteiger partial charge in [0.1, 0.15) is 0 Å². The molecule has 0 radical (unpaired) electrons. The Morgan fingerprint density at radius 3 is 2.60 bits per heavy atom. The Kier molecular flexibility index (Phi) is 3.68. The van der Waals surface area contributed by atoms with E-state index in [2.05, 4.69) is 31.3 Å². The number of nitrogens with zero attached hydrogens (tertiary/aromatic N) is 1. The van der Waals surface area contributed by atoms with Crippen LogP contribution < -0.4 is 5.32 Å². The van der Waals surface area contributed by atoms with Gasteiger partial charge in [-0.15, -0.1) is 0 Å². The van der Waals surface area contributed by atoms with E-state index < -0.39 is 0 Å². The number of carbonyl (C=O) groups is 1. The molecule has 3 heteroatoms. The van der Waals surface area contributed by atoms with Crippen molar-refractivity contribution in [2.24, 2.45) is 11.8 Å². The highest BCUT2D eigenvalue weighted by molar-refractivity contribution is 5.89. The van der Waals surface area contributed by atoms with E-state index >= 15 is 0 Å². The number of aryl methyl sites for hydroxylation is 2. The van der Waals surface area contributed by atoms with Gasteiger partial charge in [-0.25, -0.2) is 4.79 Å². The van der Waals surface area contributed by atoms with Crippen molar-refractivity contribution in [2.75, 3.05) is 18.4 Å². The van der Waals surface area contributed by atoms with Crippen molar-refractivity contribution in [3.8, 4) is 0 Å². The fourth-order valence-corrected chi connectivity index (χ4v) is 3.68. The molecule has 3 nitrogen and oxygen atoms in total. The average Bonchev–Trinajstić information content (AvgIpc) is 2.85. The molecule has 1 heterocycles. The molecular weight excluding hydrogens is 248 g/mol. The third-order valence-electron chi connectivity index (χ3n) is 4.51. The summed E-state index contributed by atoms with van der Waals surface area (Å²) in [5.41, 5.74) is 3.80. The molecular formula is C17H24N2O. The number of piperidine rings is 1. The van der Waals surface area contributed by atoms with Crippen LogP contribution in [0.3, 0.4) is 0 Å². The van der Waals surface area contributed by atoms with E-state index in [1.165, 1.54) is 30.4 Å². The van der Waals surface area contributed by atoms with Crippen LogP contribution in [0.1, 0.15) is 37.8 Å². The van der Waals surface area contributed by atoms with E-state index in [4.69, 9.17) is 0 Å². The summed E-state index contributed by atoms with van der Waals surface area (Å²) in [5, 5.41) is 3.07. The number of hydrogen-bond acceptors (Lipinski definition) is 1. The van der Waals surface area contributed by atoms with Gasteiger partial charge in [0.2, 0.25) is 0 Å². The van der Waals surface area contributed by atoms with Crippen LogP contribution >= 0.6 is 0 Å². The van der Waals surface area contributed by atoms with Gasteiger partial charge in [0.15, 0.2) is 0 Å². The molecule has 0 unspecified atom stereocenters. The minimum absolute atomic E-state index is 0.0568. The smallest absolute Gasteiger partial charge is 0.321 e. The Hall–Kier alpha value is -1.51. The molecule has 3 rings (SSSR count). The van der Waals surface area contributed by atoms with Crippen LogP contribution in [0.25, 0.3) is 0 Å². The van der Waals surface area contributed by atoms with E-state index in [0.29, 0.717) is 11.8 Å². The van der Waals surface area contributed by atoms with Crippen molar-refractivity contribution in [1.82, 2.24) is 4.90 Å². The van der Waals surface area contributed by atoms with Gasteiger partial charge in [-0.3, -0.25) is 0 Å². The minimum atomic E-state index is 0.0568. The van der Waals surface area contributed by atoms with E-state index in [1.807, 2.05) is 11.0 Å². The molecule has 0 spiro atoms. The lowest BCUT2D eigenvalue weighted by atomic mass is 9.92. The Morgan fingerprint density at radius 1 is 1.15 bits per heavy atom. The molecule has 1 fully saturated rings. The second kappa shape index (κ2) is 5.47. The van der Waals surface area contributed by atoms with Gasteiger partial charge >= 0.3 is 6.03 Å². The predicted octanol–water partition coefficient (Wildman–Crippen LogP) is 3.69. The number of benzene rings is 1. The molecule has 1 N–H and O–H groups in total. The SMILES string of the molecule is C[C@H]1C[C@H](C)CN(C(=O)Nc2ccc3c(c2)CCC3)C1. The Bertz CT molecular complexity index is 502. The monoisotopic (exact) mass is 272 g/mol.